The van der Waals surface area contributed by atoms with Crippen molar-refractivity contribution in [2.75, 3.05) is 19.8 Å². The van der Waals surface area contributed by atoms with E-state index in [4.69, 9.17) is 14.2 Å². The number of rotatable bonds is 5. The highest BCUT2D eigenvalue weighted by Crippen LogP contribution is 2.44. The van der Waals surface area contributed by atoms with E-state index in [1.807, 2.05) is 39.8 Å². The van der Waals surface area contributed by atoms with Gasteiger partial charge in [0, 0.05) is 34.1 Å². The summed E-state index contributed by atoms with van der Waals surface area (Å²) in [4.78, 5) is 29.1. The molecule has 8 heteroatoms. The highest BCUT2D eigenvalue weighted by Gasteiger charge is 2.40. The van der Waals surface area contributed by atoms with Crippen molar-refractivity contribution >= 4 is 22.6 Å². The molecule has 35 heavy (non-hydrogen) atoms. The monoisotopic (exact) mass is 473 g/mol. The van der Waals surface area contributed by atoms with E-state index in [0.29, 0.717) is 35.6 Å². The third kappa shape index (κ3) is 4.07. The van der Waals surface area contributed by atoms with Crippen LogP contribution in [0, 0.1) is 11.3 Å². The number of aromatic amines is 1. The van der Waals surface area contributed by atoms with E-state index in [0.717, 1.165) is 22.2 Å². The van der Waals surface area contributed by atoms with Crippen LogP contribution in [0.5, 0.6) is 5.75 Å². The summed E-state index contributed by atoms with van der Waals surface area (Å²) in [7, 11) is 0. The van der Waals surface area contributed by atoms with Gasteiger partial charge in [-0.1, -0.05) is 19.9 Å². The number of nitriles is 1. The van der Waals surface area contributed by atoms with Crippen LogP contribution in [-0.2, 0) is 19.7 Å². The van der Waals surface area contributed by atoms with Gasteiger partial charge in [0.2, 0.25) is 0 Å². The predicted octanol–water partition coefficient (Wildman–Crippen LogP) is 3.56. The fourth-order valence-corrected chi connectivity index (χ4v) is 4.86. The maximum absolute atomic E-state index is 13.4. The second-order valence-electron chi connectivity index (χ2n) is 9.95. The van der Waals surface area contributed by atoms with Gasteiger partial charge in [-0.05, 0) is 49.7 Å². The summed E-state index contributed by atoms with van der Waals surface area (Å²) >= 11 is 0. The predicted molar refractivity (Wildman–Crippen MR) is 128 cm³/mol. The molecule has 0 spiro atoms. The molecule has 2 heterocycles. The molecule has 1 aromatic heterocycles. The fraction of sp³-hybridized carbons (Fsp3) is 0.370. The molecule has 8 nitrogen and oxygen atoms in total. The normalized spacial score (nSPS) is 19.6. The molecule has 3 aromatic rings. The van der Waals surface area contributed by atoms with Crippen molar-refractivity contribution in [1.29, 1.82) is 5.26 Å². The van der Waals surface area contributed by atoms with E-state index in [1.165, 1.54) is 0 Å². The smallest absolute Gasteiger partial charge is 0.258 e. The standard InChI is InChI=1S/C27H27N3O5/c1-26(2)20-10-16(33-14-22(31)29-12-17-13-34-27(3,4)35-17)6-8-18(20)24(32)23-19-7-5-15(11-28)9-21(19)30-25(23)26/h5-10,17,30H,12-14H2,1-4H3,(H,29,31). The number of carbonyl (C=O) groups is 2. The molecule has 1 aliphatic carbocycles. The minimum Gasteiger partial charge on any atom is -0.484 e. The van der Waals surface area contributed by atoms with Gasteiger partial charge >= 0.3 is 0 Å². The molecule has 180 valence electrons. The van der Waals surface area contributed by atoms with E-state index in [1.54, 1.807) is 24.3 Å². The van der Waals surface area contributed by atoms with E-state index in [9.17, 15) is 14.9 Å². The molecule has 1 unspecified atom stereocenters. The van der Waals surface area contributed by atoms with Gasteiger partial charge in [0.25, 0.3) is 5.91 Å². The number of nitrogens with one attached hydrogen (secondary N) is 2. The van der Waals surface area contributed by atoms with E-state index >= 15 is 0 Å². The van der Waals surface area contributed by atoms with Crippen molar-refractivity contribution in [3.63, 3.8) is 0 Å². The largest absolute Gasteiger partial charge is 0.484 e. The molecular weight excluding hydrogens is 446 g/mol. The van der Waals surface area contributed by atoms with Gasteiger partial charge in [0.05, 0.1) is 23.8 Å². The number of fused-ring (bicyclic) bond motifs is 4. The Morgan fingerprint density at radius 2 is 2.03 bits per heavy atom. The topological polar surface area (TPSA) is 113 Å². The Balaban J connectivity index is 1.33. The maximum Gasteiger partial charge on any atom is 0.258 e. The highest BCUT2D eigenvalue weighted by molar-refractivity contribution is 6.20. The first-order valence-electron chi connectivity index (χ1n) is 11.6. The van der Waals surface area contributed by atoms with Crippen LogP contribution in [0.15, 0.2) is 36.4 Å². The first-order chi connectivity index (χ1) is 16.6. The number of ketones is 1. The molecule has 0 bridgehead atoms. The van der Waals surface area contributed by atoms with E-state index in [-0.39, 0.29) is 24.4 Å². The minimum absolute atomic E-state index is 0.0729. The summed E-state index contributed by atoms with van der Waals surface area (Å²) in [5.74, 6) is -0.469. The van der Waals surface area contributed by atoms with Crippen LogP contribution in [-0.4, -0.2) is 48.3 Å². The number of aromatic nitrogens is 1. The average Bonchev–Trinajstić information content (AvgIpc) is 3.39. The second-order valence-corrected chi connectivity index (χ2v) is 9.95. The van der Waals surface area contributed by atoms with Gasteiger partial charge in [-0.3, -0.25) is 9.59 Å². The summed E-state index contributed by atoms with van der Waals surface area (Å²) in [5.41, 5.74) is 3.64. The number of nitrogens with zero attached hydrogens (tertiary/aromatic N) is 1. The molecule has 1 fully saturated rings. The van der Waals surface area contributed by atoms with Crippen molar-refractivity contribution in [3.05, 3.63) is 64.3 Å². The summed E-state index contributed by atoms with van der Waals surface area (Å²) in [6.45, 7) is 8.37. The van der Waals surface area contributed by atoms with Crippen LogP contribution < -0.4 is 10.1 Å². The Morgan fingerprint density at radius 1 is 1.23 bits per heavy atom. The van der Waals surface area contributed by atoms with Crippen molar-refractivity contribution < 1.29 is 23.8 Å². The van der Waals surface area contributed by atoms with E-state index in [2.05, 4.69) is 16.4 Å². The van der Waals surface area contributed by atoms with Gasteiger partial charge in [-0.2, -0.15) is 5.26 Å². The number of amides is 1. The molecule has 5 rings (SSSR count). The first-order valence-corrected chi connectivity index (χ1v) is 11.6. The average molecular weight is 474 g/mol. The van der Waals surface area contributed by atoms with Crippen LogP contribution in [0.3, 0.4) is 0 Å². The van der Waals surface area contributed by atoms with Gasteiger partial charge in [-0.15, -0.1) is 0 Å². The van der Waals surface area contributed by atoms with Crippen molar-refractivity contribution in [1.82, 2.24) is 10.3 Å². The lowest BCUT2D eigenvalue weighted by Gasteiger charge is -2.32. The van der Waals surface area contributed by atoms with Crippen molar-refractivity contribution in [2.45, 2.75) is 45.0 Å². The molecule has 2 aliphatic rings. The van der Waals surface area contributed by atoms with Gasteiger partial charge < -0.3 is 24.5 Å². The Bertz CT molecular complexity index is 1400. The molecule has 0 saturated carbocycles. The van der Waals surface area contributed by atoms with Crippen LogP contribution in [0.1, 0.15) is 60.4 Å². The van der Waals surface area contributed by atoms with Gasteiger partial charge in [0.1, 0.15) is 11.9 Å². The molecule has 2 aromatic carbocycles. The zero-order valence-corrected chi connectivity index (χ0v) is 20.2. The lowest BCUT2D eigenvalue weighted by molar-refractivity contribution is -0.139. The summed E-state index contributed by atoms with van der Waals surface area (Å²) < 4.78 is 16.9. The lowest BCUT2D eigenvalue weighted by Crippen LogP contribution is -2.37. The van der Waals surface area contributed by atoms with Gasteiger partial charge in [-0.25, -0.2) is 0 Å². The highest BCUT2D eigenvalue weighted by atomic mass is 16.7. The van der Waals surface area contributed by atoms with Crippen LogP contribution in [0.2, 0.25) is 0 Å². The number of H-pyrrole nitrogens is 1. The summed E-state index contributed by atoms with van der Waals surface area (Å²) in [6.07, 6.45) is -0.195. The Morgan fingerprint density at radius 3 is 2.74 bits per heavy atom. The number of ether oxygens (including phenoxy) is 3. The summed E-state index contributed by atoms with van der Waals surface area (Å²) in [5, 5.41) is 12.9. The SMILES string of the molecule is CC1(C)OCC(CNC(=O)COc2ccc3c(c2)C(C)(C)c2[nH]c4cc(C#N)ccc4c2C3=O)O1. The van der Waals surface area contributed by atoms with Crippen molar-refractivity contribution in [2.24, 2.45) is 0 Å². The second kappa shape index (κ2) is 8.22. The molecule has 1 amide bonds. The molecule has 1 saturated heterocycles. The Labute approximate surface area is 203 Å². The zero-order valence-electron chi connectivity index (χ0n) is 20.2. The van der Waals surface area contributed by atoms with Gasteiger partial charge in [0.15, 0.2) is 18.2 Å². The van der Waals surface area contributed by atoms with E-state index < -0.39 is 11.2 Å². The number of benzene rings is 2. The molecule has 0 radical (unpaired) electrons. The van der Waals surface area contributed by atoms with Crippen LogP contribution >= 0.6 is 0 Å². The first kappa shape index (κ1) is 23.1. The maximum atomic E-state index is 13.4. The lowest BCUT2D eigenvalue weighted by atomic mass is 9.71. The van der Waals surface area contributed by atoms with Crippen molar-refractivity contribution in [3.8, 4) is 11.8 Å². The third-order valence-corrected chi connectivity index (χ3v) is 6.65. The quantitative estimate of drug-likeness (QED) is 0.586. The number of hydrogen-bond acceptors (Lipinski definition) is 6. The number of carbonyl (C=O) groups excluding carboxylic acids is 2. The Kier molecular flexibility index (Phi) is 5.42. The molecule has 1 atom stereocenters. The van der Waals surface area contributed by atoms with Crippen LogP contribution in [0.25, 0.3) is 10.9 Å². The fourth-order valence-electron chi connectivity index (χ4n) is 4.86. The third-order valence-electron chi connectivity index (χ3n) is 6.65. The number of hydrogen-bond donors (Lipinski definition) is 2. The zero-order chi connectivity index (χ0) is 25.0. The minimum atomic E-state index is -0.637. The molecule has 2 N–H and O–H groups in total. The molecular formula is C27H27N3O5. The van der Waals surface area contributed by atoms with Crippen LogP contribution in [0.4, 0.5) is 0 Å². The Hall–Kier alpha value is -3.67. The molecule has 1 aliphatic heterocycles. The summed E-state index contributed by atoms with van der Waals surface area (Å²) in [6, 6.07) is 12.7.